The monoisotopic (exact) mass is 189 g/mol. The molecule has 1 aromatic rings. The molecule has 0 spiro atoms. The van der Waals surface area contributed by atoms with E-state index in [-0.39, 0.29) is 18.2 Å². The SMILES string of the molecule is O=C1CC(=O)NC(c2ccccn2)=N1. The predicted molar refractivity (Wildman–Crippen MR) is 48.5 cm³/mol. The van der Waals surface area contributed by atoms with Gasteiger partial charge in [0.1, 0.15) is 12.1 Å². The summed E-state index contributed by atoms with van der Waals surface area (Å²) in [5.74, 6) is -0.549. The van der Waals surface area contributed by atoms with Crippen molar-refractivity contribution >= 4 is 17.6 Å². The Morgan fingerprint density at radius 3 is 2.79 bits per heavy atom. The second kappa shape index (κ2) is 3.37. The van der Waals surface area contributed by atoms with Crippen molar-refractivity contribution in [1.29, 1.82) is 0 Å². The summed E-state index contributed by atoms with van der Waals surface area (Å²) in [5.41, 5.74) is 0.494. The number of amides is 2. The molecule has 5 nitrogen and oxygen atoms in total. The first-order valence-electron chi connectivity index (χ1n) is 4.08. The molecule has 1 aromatic heterocycles. The van der Waals surface area contributed by atoms with E-state index in [1.807, 2.05) is 0 Å². The third-order valence-electron chi connectivity index (χ3n) is 1.71. The fraction of sp³-hybridized carbons (Fsp3) is 0.111. The van der Waals surface area contributed by atoms with Gasteiger partial charge < -0.3 is 5.32 Å². The van der Waals surface area contributed by atoms with Crippen molar-refractivity contribution in [3.05, 3.63) is 30.1 Å². The Kier molecular flexibility index (Phi) is 2.06. The summed E-state index contributed by atoms with van der Waals surface area (Å²) < 4.78 is 0. The quantitative estimate of drug-likeness (QED) is 0.626. The van der Waals surface area contributed by atoms with Crippen molar-refractivity contribution in [2.24, 2.45) is 4.99 Å². The smallest absolute Gasteiger partial charge is 0.257 e. The summed E-state index contributed by atoms with van der Waals surface area (Å²) >= 11 is 0. The Labute approximate surface area is 79.9 Å². The zero-order chi connectivity index (χ0) is 9.97. The molecule has 0 bridgehead atoms. The van der Waals surface area contributed by atoms with Gasteiger partial charge in [-0.05, 0) is 12.1 Å². The third-order valence-corrected chi connectivity index (χ3v) is 1.71. The first-order valence-corrected chi connectivity index (χ1v) is 4.08. The highest BCUT2D eigenvalue weighted by Gasteiger charge is 2.19. The van der Waals surface area contributed by atoms with E-state index in [0.29, 0.717) is 5.69 Å². The van der Waals surface area contributed by atoms with Crippen LogP contribution in [0.2, 0.25) is 0 Å². The highest BCUT2D eigenvalue weighted by Crippen LogP contribution is 2.01. The first-order chi connectivity index (χ1) is 6.75. The first kappa shape index (κ1) is 8.55. The Morgan fingerprint density at radius 2 is 2.14 bits per heavy atom. The maximum Gasteiger partial charge on any atom is 0.257 e. The second-order valence-electron chi connectivity index (χ2n) is 2.79. The molecule has 5 heteroatoms. The van der Waals surface area contributed by atoms with Crippen LogP contribution in [0.1, 0.15) is 12.1 Å². The topological polar surface area (TPSA) is 71.4 Å². The summed E-state index contributed by atoms with van der Waals surface area (Å²) in [6.07, 6.45) is 1.39. The van der Waals surface area contributed by atoms with E-state index >= 15 is 0 Å². The fourth-order valence-electron chi connectivity index (χ4n) is 1.13. The Morgan fingerprint density at radius 1 is 1.29 bits per heavy atom. The Bertz CT molecular complexity index is 411. The highest BCUT2D eigenvalue weighted by molar-refractivity contribution is 6.18. The van der Waals surface area contributed by atoms with E-state index in [0.717, 1.165) is 0 Å². The van der Waals surface area contributed by atoms with Gasteiger partial charge >= 0.3 is 0 Å². The minimum atomic E-state index is -0.436. The second-order valence-corrected chi connectivity index (χ2v) is 2.79. The number of amidine groups is 1. The largest absolute Gasteiger partial charge is 0.308 e. The molecular weight excluding hydrogens is 182 g/mol. The van der Waals surface area contributed by atoms with Gasteiger partial charge in [-0.3, -0.25) is 14.6 Å². The number of aliphatic imine (C=N–C) groups is 1. The number of nitrogens with zero attached hydrogens (tertiary/aromatic N) is 2. The molecule has 0 unspecified atom stereocenters. The van der Waals surface area contributed by atoms with E-state index in [4.69, 9.17) is 0 Å². The van der Waals surface area contributed by atoms with Crippen molar-refractivity contribution in [3.8, 4) is 0 Å². The molecule has 0 saturated heterocycles. The number of pyridine rings is 1. The Hall–Kier alpha value is -2.04. The minimum Gasteiger partial charge on any atom is -0.308 e. The molecule has 0 saturated carbocycles. The van der Waals surface area contributed by atoms with Crippen molar-refractivity contribution in [2.75, 3.05) is 0 Å². The van der Waals surface area contributed by atoms with Crippen LogP contribution in [0.25, 0.3) is 0 Å². The third kappa shape index (κ3) is 1.66. The summed E-state index contributed by atoms with van der Waals surface area (Å²) in [5, 5.41) is 2.49. The van der Waals surface area contributed by atoms with Gasteiger partial charge in [-0.2, -0.15) is 4.99 Å². The normalized spacial score (nSPS) is 16.1. The van der Waals surface area contributed by atoms with Crippen molar-refractivity contribution < 1.29 is 9.59 Å². The number of aromatic nitrogens is 1. The molecule has 0 atom stereocenters. The molecular formula is C9H7N3O2. The molecule has 2 amide bonds. The fourth-order valence-corrected chi connectivity index (χ4v) is 1.13. The van der Waals surface area contributed by atoms with E-state index < -0.39 is 5.91 Å². The predicted octanol–water partition coefficient (Wildman–Crippen LogP) is -0.125. The van der Waals surface area contributed by atoms with Gasteiger partial charge in [0, 0.05) is 6.20 Å². The van der Waals surface area contributed by atoms with Gasteiger partial charge in [-0.15, -0.1) is 0 Å². The lowest BCUT2D eigenvalue weighted by Gasteiger charge is -2.10. The zero-order valence-corrected chi connectivity index (χ0v) is 7.23. The summed E-state index contributed by atoms with van der Waals surface area (Å²) in [4.78, 5) is 29.7. The van der Waals surface area contributed by atoms with E-state index in [9.17, 15) is 9.59 Å². The van der Waals surface area contributed by atoms with Gasteiger partial charge in [0.15, 0.2) is 5.84 Å². The summed E-state index contributed by atoms with van der Waals surface area (Å²) in [7, 11) is 0. The lowest BCUT2D eigenvalue weighted by atomic mass is 10.2. The highest BCUT2D eigenvalue weighted by atomic mass is 16.2. The van der Waals surface area contributed by atoms with Crippen LogP contribution >= 0.6 is 0 Å². The van der Waals surface area contributed by atoms with Crippen LogP contribution in [0.15, 0.2) is 29.4 Å². The number of carbonyl (C=O) groups excluding carboxylic acids is 2. The van der Waals surface area contributed by atoms with Crippen molar-refractivity contribution in [1.82, 2.24) is 10.3 Å². The van der Waals surface area contributed by atoms with Crippen LogP contribution in [0, 0.1) is 0 Å². The maximum absolute atomic E-state index is 11.0. The number of rotatable bonds is 1. The average molecular weight is 189 g/mol. The molecule has 0 aromatic carbocycles. The van der Waals surface area contributed by atoms with Crippen molar-refractivity contribution in [2.45, 2.75) is 6.42 Å². The summed E-state index contributed by atoms with van der Waals surface area (Å²) in [6, 6.07) is 5.18. The van der Waals surface area contributed by atoms with E-state index in [2.05, 4.69) is 15.3 Å². The van der Waals surface area contributed by atoms with Crippen LogP contribution in [-0.4, -0.2) is 22.6 Å². The molecule has 0 radical (unpaired) electrons. The molecule has 1 aliphatic heterocycles. The van der Waals surface area contributed by atoms with Gasteiger partial charge in [0.2, 0.25) is 5.91 Å². The van der Waals surface area contributed by atoms with Crippen LogP contribution < -0.4 is 5.32 Å². The van der Waals surface area contributed by atoms with Gasteiger partial charge in [0.05, 0.1) is 0 Å². The average Bonchev–Trinajstić information content (AvgIpc) is 2.18. The minimum absolute atomic E-state index is 0.184. The molecule has 0 fully saturated rings. The van der Waals surface area contributed by atoms with Gasteiger partial charge in [0.25, 0.3) is 5.91 Å². The van der Waals surface area contributed by atoms with Crippen LogP contribution in [-0.2, 0) is 9.59 Å². The molecule has 14 heavy (non-hydrogen) atoms. The lowest BCUT2D eigenvalue weighted by molar-refractivity contribution is -0.127. The number of hydrogen-bond acceptors (Lipinski definition) is 3. The van der Waals surface area contributed by atoms with E-state index in [1.54, 1.807) is 24.4 Å². The molecule has 70 valence electrons. The maximum atomic E-state index is 11.0. The van der Waals surface area contributed by atoms with Gasteiger partial charge in [-0.1, -0.05) is 6.07 Å². The number of hydrogen-bond donors (Lipinski definition) is 1. The van der Waals surface area contributed by atoms with Gasteiger partial charge in [-0.25, -0.2) is 0 Å². The molecule has 1 N–H and O–H groups in total. The molecule has 2 heterocycles. The lowest BCUT2D eigenvalue weighted by Crippen LogP contribution is -2.37. The molecule has 2 rings (SSSR count). The standard InChI is InChI=1S/C9H7N3O2/c13-7-5-8(14)12-9(11-7)6-3-1-2-4-10-6/h1-4H,5H2,(H,11,12,13,14). The number of nitrogens with one attached hydrogen (secondary N) is 1. The van der Waals surface area contributed by atoms with Crippen molar-refractivity contribution in [3.63, 3.8) is 0 Å². The molecule has 0 aliphatic carbocycles. The van der Waals surface area contributed by atoms with E-state index in [1.165, 1.54) is 0 Å². The van der Waals surface area contributed by atoms with Crippen LogP contribution in [0.3, 0.4) is 0 Å². The van der Waals surface area contributed by atoms with Crippen LogP contribution in [0.5, 0.6) is 0 Å². The summed E-state index contributed by atoms with van der Waals surface area (Å²) in [6.45, 7) is 0. The zero-order valence-electron chi connectivity index (χ0n) is 7.23. The Balaban J connectivity index is 2.35. The number of carbonyl (C=O) groups is 2. The molecule has 1 aliphatic rings. The van der Waals surface area contributed by atoms with Crippen LogP contribution in [0.4, 0.5) is 0 Å².